The number of aliphatic hydroxyl groups is 1. The fourth-order valence-electron chi connectivity index (χ4n) is 5.89. The molecule has 4 atom stereocenters. The number of hydrogen-bond donors (Lipinski definition) is 2. The van der Waals surface area contributed by atoms with Crippen molar-refractivity contribution >= 4 is 5.97 Å². The van der Waals surface area contributed by atoms with Crippen molar-refractivity contribution in [3.8, 4) is 11.5 Å². The van der Waals surface area contributed by atoms with Crippen molar-refractivity contribution in [1.29, 1.82) is 0 Å². The van der Waals surface area contributed by atoms with Crippen LogP contribution >= 0.6 is 0 Å². The maximum atomic E-state index is 12.2. The molecule has 150 valence electrons. The SMILES string of the molecule is COc1ccc2c3c1O[C@H]1C(OC(=O)CCN)=CC[C@@]4(O)[C@H](C2)N(C)CC[C@]314. The van der Waals surface area contributed by atoms with Crippen molar-refractivity contribution in [1.82, 2.24) is 4.90 Å². The minimum absolute atomic E-state index is 0.0169. The maximum Gasteiger partial charge on any atom is 0.312 e. The van der Waals surface area contributed by atoms with E-state index < -0.39 is 17.1 Å². The molecule has 2 bridgehead atoms. The lowest BCUT2D eigenvalue weighted by Crippen LogP contribution is -2.74. The van der Waals surface area contributed by atoms with Gasteiger partial charge in [-0.25, -0.2) is 0 Å². The number of carbonyl (C=O) groups is 1. The van der Waals surface area contributed by atoms with Crippen LogP contribution in [0.15, 0.2) is 24.0 Å². The number of ether oxygens (including phenoxy) is 3. The largest absolute Gasteiger partial charge is 0.493 e. The van der Waals surface area contributed by atoms with Gasteiger partial charge in [-0.05, 0) is 44.1 Å². The standard InChI is InChI=1S/C21H26N2O5/c1-23-10-8-20-17-12-3-4-13(26-2)18(17)28-19(20)14(27-16(24)6-9-22)5-7-21(20,25)15(23)11-12/h3-5,15,19,25H,6-11,22H2,1-2H3/t15-,19-,20-,21+/m0/s1. The van der Waals surface area contributed by atoms with E-state index in [0.29, 0.717) is 23.7 Å². The zero-order valence-electron chi connectivity index (χ0n) is 16.2. The number of carbonyl (C=O) groups excluding carboxylic acids is 1. The van der Waals surface area contributed by atoms with Crippen LogP contribution in [0.25, 0.3) is 0 Å². The predicted octanol–water partition coefficient (Wildman–Crippen LogP) is 0.865. The molecule has 1 aromatic carbocycles. The van der Waals surface area contributed by atoms with Crippen LogP contribution in [-0.2, 0) is 21.4 Å². The molecule has 0 saturated carbocycles. The van der Waals surface area contributed by atoms with Gasteiger partial charge in [0.15, 0.2) is 17.6 Å². The van der Waals surface area contributed by atoms with E-state index in [-0.39, 0.29) is 25.0 Å². The van der Waals surface area contributed by atoms with E-state index in [9.17, 15) is 9.90 Å². The Morgan fingerprint density at radius 1 is 1.46 bits per heavy atom. The average Bonchev–Trinajstić information content (AvgIpc) is 3.02. The second-order valence-electron chi connectivity index (χ2n) is 8.30. The lowest BCUT2D eigenvalue weighted by molar-refractivity contribution is -0.169. The number of likely N-dealkylation sites (N-methyl/N-ethyl adjacent to an activating group) is 1. The normalized spacial score (nSPS) is 34.9. The molecule has 0 unspecified atom stereocenters. The molecular formula is C21H26N2O5. The number of likely N-dealkylation sites (tertiary alicyclic amines) is 1. The summed E-state index contributed by atoms with van der Waals surface area (Å²) in [5.74, 6) is 1.43. The van der Waals surface area contributed by atoms with Crippen LogP contribution in [0.3, 0.4) is 0 Å². The van der Waals surface area contributed by atoms with Gasteiger partial charge in [0.2, 0.25) is 0 Å². The average molecular weight is 386 g/mol. The molecule has 0 radical (unpaired) electrons. The Kier molecular flexibility index (Phi) is 3.82. The van der Waals surface area contributed by atoms with Gasteiger partial charge in [-0.3, -0.25) is 4.79 Å². The number of hydrogen-bond acceptors (Lipinski definition) is 7. The highest BCUT2D eigenvalue weighted by Gasteiger charge is 2.72. The van der Waals surface area contributed by atoms with Gasteiger partial charge in [0.25, 0.3) is 0 Å². The van der Waals surface area contributed by atoms with Gasteiger partial charge in [-0.15, -0.1) is 0 Å². The number of piperidine rings is 1. The van der Waals surface area contributed by atoms with E-state index in [1.165, 1.54) is 5.56 Å². The highest BCUT2D eigenvalue weighted by molar-refractivity contribution is 5.72. The van der Waals surface area contributed by atoms with Gasteiger partial charge >= 0.3 is 5.97 Å². The fraction of sp³-hybridized carbons (Fsp3) is 0.571. The van der Waals surface area contributed by atoms with E-state index in [4.69, 9.17) is 19.9 Å². The Morgan fingerprint density at radius 3 is 3.04 bits per heavy atom. The molecule has 2 heterocycles. The first-order valence-corrected chi connectivity index (χ1v) is 9.86. The first-order valence-electron chi connectivity index (χ1n) is 9.86. The topological polar surface area (TPSA) is 94.2 Å². The number of esters is 1. The van der Waals surface area contributed by atoms with E-state index >= 15 is 0 Å². The van der Waals surface area contributed by atoms with Crippen LogP contribution < -0.4 is 15.2 Å². The molecule has 28 heavy (non-hydrogen) atoms. The summed E-state index contributed by atoms with van der Waals surface area (Å²) in [6, 6.07) is 3.98. The Bertz CT molecular complexity index is 884. The van der Waals surface area contributed by atoms with E-state index in [0.717, 1.165) is 24.9 Å². The monoisotopic (exact) mass is 386 g/mol. The molecule has 1 aromatic rings. The molecule has 7 nitrogen and oxygen atoms in total. The number of benzene rings is 1. The smallest absolute Gasteiger partial charge is 0.312 e. The first-order chi connectivity index (χ1) is 13.5. The zero-order valence-corrected chi connectivity index (χ0v) is 16.2. The van der Waals surface area contributed by atoms with Crippen LogP contribution in [-0.4, -0.2) is 61.0 Å². The molecule has 5 rings (SSSR count). The van der Waals surface area contributed by atoms with Gasteiger partial charge in [-0.1, -0.05) is 6.07 Å². The van der Waals surface area contributed by atoms with Crippen LogP contribution in [0.2, 0.25) is 0 Å². The Labute approximate surface area is 164 Å². The molecule has 2 aliphatic carbocycles. The highest BCUT2D eigenvalue weighted by Crippen LogP contribution is 2.65. The van der Waals surface area contributed by atoms with Crippen LogP contribution in [0, 0.1) is 0 Å². The molecule has 1 saturated heterocycles. The molecule has 0 aromatic heterocycles. The maximum absolute atomic E-state index is 12.2. The van der Waals surface area contributed by atoms with Crippen molar-refractivity contribution in [2.24, 2.45) is 5.73 Å². The molecular weight excluding hydrogens is 360 g/mol. The lowest BCUT2D eigenvalue weighted by atomic mass is 9.50. The summed E-state index contributed by atoms with van der Waals surface area (Å²) < 4.78 is 17.6. The van der Waals surface area contributed by atoms with E-state index in [1.54, 1.807) is 7.11 Å². The van der Waals surface area contributed by atoms with Crippen LogP contribution in [0.5, 0.6) is 11.5 Å². The van der Waals surface area contributed by atoms with E-state index in [2.05, 4.69) is 18.0 Å². The zero-order chi connectivity index (χ0) is 19.7. The third kappa shape index (κ3) is 2.02. The van der Waals surface area contributed by atoms with Crippen LogP contribution in [0.1, 0.15) is 30.4 Å². The molecule has 3 N–H and O–H groups in total. The number of nitrogens with two attached hydrogens (primary N) is 1. The van der Waals surface area contributed by atoms with Crippen molar-refractivity contribution in [3.05, 3.63) is 35.1 Å². The third-order valence-electron chi connectivity index (χ3n) is 7.14. The summed E-state index contributed by atoms with van der Waals surface area (Å²) in [6.07, 6.45) is 3.33. The molecule has 2 aliphatic heterocycles. The van der Waals surface area contributed by atoms with Gasteiger partial charge in [0, 0.05) is 24.6 Å². The van der Waals surface area contributed by atoms with Crippen molar-refractivity contribution in [3.63, 3.8) is 0 Å². The summed E-state index contributed by atoms with van der Waals surface area (Å²) in [5.41, 5.74) is 6.08. The Balaban J connectivity index is 1.70. The second-order valence-corrected chi connectivity index (χ2v) is 8.30. The van der Waals surface area contributed by atoms with Gasteiger partial charge < -0.3 is 30.0 Å². The molecule has 0 amide bonds. The summed E-state index contributed by atoms with van der Waals surface area (Å²) in [4.78, 5) is 14.4. The second kappa shape index (κ2) is 5.95. The summed E-state index contributed by atoms with van der Waals surface area (Å²) in [7, 11) is 3.68. The molecule has 1 fully saturated rings. The van der Waals surface area contributed by atoms with Crippen molar-refractivity contribution in [2.45, 2.75) is 48.8 Å². The number of nitrogens with zero attached hydrogens (tertiary/aromatic N) is 1. The van der Waals surface area contributed by atoms with E-state index in [1.807, 2.05) is 12.1 Å². The minimum Gasteiger partial charge on any atom is -0.493 e. The quantitative estimate of drug-likeness (QED) is 0.742. The predicted molar refractivity (Wildman–Crippen MR) is 101 cm³/mol. The minimum atomic E-state index is -0.987. The first kappa shape index (κ1) is 18.0. The lowest BCUT2D eigenvalue weighted by Gasteiger charge is -2.61. The molecule has 1 spiro atoms. The van der Waals surface area contributed by atoms with Gasteiger partial charge in [0.05, 0.1) is 24.5 Å². The Morgan fingerprint density at radius 2 is 2.29 bits per heavy atom. The Hall–Kier alpha value is -2.09. The van der Waals surface area contributed by atoms with Gasteiger partial charge in [0.1, 0.15) is 5.76 Å². The fourth-order valence-corrected chi connectivity index (χ4v) is 5.89. The van der Waals surface area contributed by atoms with Crippen molar-refractivity contribution < 1.29 is 24.1 Å². The highest BCUT2D eigenvalue weighted by atomic mass is 16.6. The summed E-state index contributed by atoms with van der Waals surface area (Å²) >= 11 is 0. The molecule has 7 heteroatoms. The summed E-state index contributed by atoms with van der Waals surface area (Å²) in [5, 5.41) is 12.0. The summed E-state index contributed by atoms with van der Waals surface area (Å²) in [6.45, 7) is 1.07. The number of rotatable bonds is 4. The van der Waals surface area contributed by atoms with Gasteiger partial charge in [-0.2, -0.15) is 0 Å². The third-order valence-corrected chi connectivity index (χ3v) is 7.14. The number of methoxy groups -OCH3 is 1. The van der Waals surface area contributed by atoms with Crippen molar-refractivity contribution in [2.75, 3.05) is 27.2 Å². The van der Waals surface area contributed by atoms with Crippen LogP contribution in [0.4, 0.5) is 0 Å². The molecule has 4 aliphatic rings.